The molecule has 2 rings (SSSR count). The van der Waals surface area contributed by atoms with E-state index in [1.807, 2.05) is 54.6 Å². The van der Waals surface area contributed by atoms with Crippen LogP contribution in [0.25, 0.3) is 11.6 Å². The zero-order valence-corrected chi connectivity index (χ0v) is 12.8. The van der Waals surface area contributed by atoms with E-state index in [1.54, 1.807) is 0 Å². The number of halogens is 2. The number of hydrogen-bond acceptors (Lipinski definition) is 1. The molecule has 0 radical (unpaired) electrons. The van der Waals surface area contributed by atoms with Crippen LogP contribution in [0.1, 0.15) is 11.1 Å². The lowest BCUT2D eigenvalue weighted by molar-refractivity contribution is 0.350. The summed E-state index contributed by atoms with van der Waals surface area (Å²) in [6.07, 6.45) is 1.99. The summed E-state index contributed by atoms with van der Waals surface area (Å²) in [7, 11) is 0. The average Bonchev–Trinajstić information content (AvgIpc) is 2.39. The molecule has 18 heavy (non-hydrogen) atoms. The van der Waals surface area contributed by atoms with Crippen LogP contribution in [-0.2, 0) is 0 Å². The van der Waals surface area contributed by atoms with E-state index < -0.39 is 0 Å². The molecule has 92 valence electrons. The van der Waals surface area contributed by atoms with Crippen molar-refractivity contribution in [1.82, 2.24) is 0 Å². The van der Waals surface area contributed by atoms with E-state index in [0.717, 1.165) is 25.6 Å². The maximum absolute atomic E-state index is 9.55. The molecule has 0 saturated heterocycles. The first-order valence-electron chi connectivity index (χ1n) is 5.53. The Balaban J connectivity index is 2.47. The molecule has 0 aliphatic heterocycles. The van der Waals surface area contributed by atoms with Crippen LogP contribution in [0.15, 0.2) is 57.5 Å². The highest BCUT2D eigenvalue weighted by atomic mass is 79.9. The first-order chi connectivity index (χ1) is 8.72. The molecule has 0 fully saturated rings. The van der Waals surface area contributed by atoms with Gasteiger partial charge in [-0.25, -0.2) is 0 Å². The van der Waals surface area contributed by atoms with Crippen molar-refractivity contribution in [2.45, 2.75) is 0 Å². The zero-order chi connectivity index (χ0) is 13.0. The summed E-state index contributed by atoms with van der Waals surface area (Å²) >= 11 is 7.01. The summed E-state index contributed by atoms with van der Waals surface area (Å²) in [5, 5.41) is 9.55. The van der Waals surface area contributed by atoms with Crippen molar-refractivity contribution in [3.05, 3.63) is 68.6 Å². The summed E-state index contributed by atoms with van der Waals surface area (Å²) in [6.45, 7) is 0.00392. The molecule has 0 spiro atoms. The van der Waals surface area contributed by atoms with Gasteiger partial charge in [0.05, 0.1) is 6.61 Å². The molecule has 0 aromatic heterocycles. The SMILES string of the molecule is OCC(=Cc1ccccc1Br)c1ccccc1Br. The van der Waals surface area contributed by atoms with Gasteiger partial charge in [-0.1, -0.05) is 68.3 Å². The van der Waals surface area contributed by atoms with Crippen molar-refractivity contribution >= 4 is 43.5 Å². The maximum atomic E-state index is 9.55. The van der Waals surface area contributed by atoms with E-state index in [1.165, 1.54) is 0 Å². The van der Waals surface area contributed by atoms with Crippen molar-refractivity contribution in [3.8, 4) is 0 Å². The van der Waals surface area contributed by atoms with Crippen LogP contribution in [0.4, 0.5) is 0 Å². The molecule has 0 aliphatic rings. The minimum absolute atomic E-state index is 0.00392. The molecule has 3 heteroatoms. The standard InChI is InChI=1S/C15H12Br2O/c16-14-7-3-1-5-11(14)9-12(10-18)13-6-2-4-8-15(13)17/h1-9,18H,10H2. The Labute approximate surface area is 123 Å². The first-order valence-corrected chi connectivity index (χ1v) is 7.12. The van der Waals surface area contributed by atoms with E-state index in [-0.39, 0.29) is 6.61 Å². The monoisotopic (exact) mass is 366 g/mol. The third-order valence-electron chi connectivity index (χ3n) is 2.63. The molecule has 0 atom stereocenters. The van der Waals surface area contributed by atoms with Crippen molar-refractivity contribution in [2.75, 3.05) is 6.61 Å². The molecule has 2 aromatic rings. The van der Waals surface area contributed by atoms with Crippen molar-refractivity contribution in [3.63, 3.8) is 0 Å². The predicted octanol–water partition coefficient (Wildman–Crippen LogP) is 4.74. The fraction of sp³-hybridized carbons (Fsp3) is 0.0667. The quantitative estimate of drug-likeness (QED) is 0.776. The summed E-state index contributed by atoms with van der Waals surface area (Å²) < 4.78 is 2.00. The Morgan fingerprint density at radius 2 is 1.56 bits per heavy atom. The van der Waals surface area contributed by atoms with Gasteiger partial charge in [-0.05, 0) is 34.9 Å². The van der Waals surface area contributed by atoms with Gasteiger partial charge in [0.2, 0.25) is 0 Å². The molecule has 0 amide bonds. The first kappa shape index (κ1) is 13.5. The van der Waals surface area contributed by atoms with Crippen LogP contribution >= 0.6 is 31.9 Å². The largest absolute Gasteiger partial charge is 0.392 e. The lowest BCUT2D eigenvalue weighted by atomic mass is 10.0. The fourth-order valence-electron chi connectivity index (χ4n) is 1.71. The minimum Gasteiger partial charge on any atom is -0.392 e. The second-order valence-corrected chi connectivity index (χ2v) is 5.54. The molecule has 2 aromatic carbocycles. The summed E-state index contributed by atoms with van der Waals surface area (Å²) in [6, 6.07) is 15.8. The van der Waals surface area contributed by atoms with E-state index in [9.17, 15) is 5.11 Å². The molecule has 0 aliphatic carbocycles. The second-order valence-electron chi connectivity index (χ2n) is 3.83. The normalized spacial score (nSPS) is 11.6. The van der Waals surface area contributed by atoms with Crippen LogP contribution in [0.2, 0.25) is 0 Å². The summed E-state index contributed by atoms with van der Waals surface area (Å²) in [5.74, 6) is 0. The van der Waals surface area contributed by atoms with Crippen molar-refractivity contribution in [2.24, 2.45) is 0 Å². The average molecular weight is 368 g/mol. The van der Waals surface area contributed by atoms with Gasteiger partial charge in [-0.15, -0.1) is 0 Å². The summed E-state index contributed by atoms with van der Waals surface area (Å²) in [5.41, 5.74) is 2.95. The Kier molecular flexibility index (Phi) is 4.75. The minimum atomic E-state index is 0.00392. The number of aliphatic hydroxyl groups is 1. The molecule has 0 heterocycles. The van der Waals surface area contributed by atoms with E-state index in [0.29, 0.717) is 0 Å². The predicted molar refractivity (Wildman–Crippen MR) is 83.2 cm³/mol. The Bertz CT molecular complexity index is 576. The highest BCUT2D eigenvalue weighted by Crippen LogP contribution is 2.27. The van der Waals surface area contributed by atoms with E-state index >= 15 is 0 Å². The van der Waals surface area contributed by atoms with Crippen LogP contribution < -0.4 is 0 Å². The van der Waals surface area contributed by atoms with Gasteiger partial charge in [0.15, 0.2) is 0 Å². The Hall–Kier alpha value is -0.900. The van der Waals surface area contributed by atoms with E-state index in [2.05, 4.69) is 31.9 Å². The Morgan fingerprint density at radius 3 is 2.17 bits per heavy atom. The van der Waals surface area contributed by atoms with Gasteiger partial charge in [0.1, 0.15) is 0 Å². The third-order valence-corrected chi connectivity index (χ3v) is 4.04. The number of benzene rings is 2. The molecule has 1 nitrogen and oxygen atoms in total. The molecule has 0 bridgehead atoms. The number of hydrogen-bond donors (Lipinski definition) is 1. The zero-order valence-electron chi connectivity index (χ0n) is 9.61. The molecule has 1 N–H and O–H groups in total. The van der Waals surface area contributed by atoms with Gasteiger partial charge in [-0.2, -0.15) is 0 Å². The Morgan fingerprint density at radius 1 is 0.944 bits per heavy atom. The number of rotatable bonds is 3. The number of aliphatic hydroxyl groups excluding tert-OH is 1. The molecular weight excluding hydrogens is 356 g/mol. The summed E-state index contributed by atoms with van der Waals surface area (Å²) in [4.78, 5) is 0. The molecule has 0 unspecified atom stereocenters. The maximum Gasteiger partial charge on any atom is 0.0688 e. The van der Waals surface area contributed by atoms with Gasteiger partial charge in [0, 0.05) is 8.95 Å². The van der Waals surface area contributed by atoms with Gasteiger partial charge in [0.25, 0.3) is 0 Å². The van der Waals surface area contributed by atoms with Gasteiger partial charge < -0.3 is 5.11 Å². The molecular formula is C15H12Br2O. The lowest BCUT2D eigenvalue weighted by Crippen LogP contribution is -1.92. The van der Waals surface area contributed by atoms with E-state index in [4.69, 9.17) is 0 Å². The molecule has 0 saturated carbocycles. The smallest absolute Gasteiger partial charge is 0.0688 e. The highest BCUT2D eigenvalue weighted by Gasteiger charge is 2.05. The third kappa shape index (κ3) is 3.10. The van der Waals surface area contributed by atoms with Gasteiger partial charge in [-0.3, -0.25) is 0 Å². The van der Waals surface area contributed by atoms with Crippen LogP contribution in [0, 0.1) is 0 Å². The van der Waals surface area contributed by atoms with Crippen LogP contribution in [0.3, 0.4) is 0 Å². The fourth-order valence-corrected chi connectivity index (χ4v) is 2.65. The van der Waals surface area contributed by atoms with Crippen LogP contribution in [-0.4, -0.2) is 11.7 Å². The topological polar surface area (TPSA) is 20.2 Å². The van der Waals surface area contributed by atoms with Gasteiger partial charge >= 0.3 is 0 Å². The highest BCUT2D eigenvalue weighted by molar-refractivity contribution is 9.10. The van der Waals surface area contributed by atoms with Crippen LogP contribution in [0.5, 0.6) is 0 Å². The van der Waals surface area contributed by atoms with Crippen molar-refractivity contribution in [1.29, 1.82) is 0 Å². The van der Waals surface area contributed by atoms with Crippen molar-refractivity contribution < 1.29 is 5.11 Å². The lowest BCUT2D eigenvalue weighted by Gasteiger charge is -2.08. The second kappa shape index (κ2) is 6.32.